The molecule has 2 aromatic carbocycles. The fourth-order valence-corrected chi connectivity index (χ4v) is 2.99. The Hall–Kier alpha value is -1.73. The first kappa shape index (κ1) is 8.43. The van der Waals surface area contributed by atoms with E-state index in [-0.39, 0.29) is 0 Å². The van der Waals surface area contributed by atoms with Crippen LogP contribution < -0.4 is 13.6 Å². The third kappa shape index (κ3) is 1.01. The lowest BCUT2D eigenvalue weighted by atomic mass is 10.0. The van der Waals surface area contributed by atoms with Gasteiger partial charge in [-0.1, -0.05) is 30.3 Å². The summed E-state index contributed by atoms with van der Waals surface area (Å²) in [5.41, 5.74) is 2.19. The monoisotopic (exact) mass is 230 g/mol. The highest BCUT2D eigenvalue weighted by molar-refractivity contribution is 7.44. The van der Waals surface area contributed by atoms with Gasteiger partial charge in [-0.2, -0.15) is 0 Å². The Labute approximate surface area is 93.6 Å². The van der Waals surface area contributed by atoms with E-state index in [4.69, 9.17) is 13.6 Å². The summed E-state index contributed by atoms with van der Waals surface area (Å²) in [7, 11) is -1.20. The van der Waals surface area contributed by atoms with E-state index in [1.54, 1.807) is 0 Å². The van der Waals surface area contributed by atoms with Crippen LogP contribution >= 0.6 is 8.60 Å². The lowest BCUT2D eigenvalue weighted by molar-refractivity contribution is 0.467. The summed E-state index contributed by atoms with van der Waals surface area (Å²) in [6.07, 6.45) is 0. The number of benzene rings is 2. The smallest absolute Gasteiger partial charge is 0.404 e. The molecule has 4 heteroatoms. The van der Waals surface area contributed by atoms with E-state index in [1.807, 2.05) is 30.3 Å². The molecule has 2 aliphatic rings. The van der Waals surface area contributed by atoms with Gasteiger partial charge in [0.05, 0.1) is 0 Å². The molecule has 0 aromatic heterocycles. The summed E-state index contributed by atoms with van der Waals surface area (Å²) in [5, 5.41) is 0. The molecule has 0 saturated carbocycles. The Balaban J connectivity index is 1.96. The van der Waals surface area contributed by atoms with E-state index in [1.165, 1.54) is 0 Å². The molecule has 1 atom stereocenters. The van der Waals surface area contributed by atoms with Crippen LogP contribution in [-0.2, 0) is 0 Å². The van der Waals surface area contributed by atoms with Gasteiger partial charge < -0.3 is 13.6 Å². The summed E-state index contributed by atoms with van der Waals surface area (Å²) < 4.78 is 16.5. The maximum atomic E-state index is 5.59. The van der Waals surface area contributed by atoms with Gasteiger partial charge in [0, 0.05) is 5.56 Å². The van der Waals surface area contributed by atoms with Crippen LogP contribution in [0.4, 0.5) is 0 Å². The molecule has 0 amide bonds. The summed E-state index contributed by atoms with van der Waals surface area (Å²) in [5.74, 6) is 2.38. The Bertz CT molecular complexity index is 568. The molecule has 2 bridgehead atoms. The van der Waals surface area contributed by atoms with Crippen LogP contribution in [0.15, 0.2) is 42.5 Å². The summed E-state index contributed by atoms with van der Waals surface area (Å²) >= 11 is 0. The first-order chi connectivity index (χ1) is 7.92. The molecule has 2 aromatic rings. The lowest BCUT2D eigenvalue weighted by Crippen LogP contribution is -1.93. The van der Waals surface area contributed by atoms with Crippen LogP contribution in [0.3, 0.4) is 0 Å². The van der Waals surface area contributed by atoms with E-state index in [9.17, 15) is 0 Å². The van der Waals surface area contributed by atoms with Gasteiger partial charge in [-0.3, -0.25) is 0 Å². The minimum atomic E-state index is -1.20. The van der Waals surface area contributed by atoms with Gasteiger partial charge in [0.2, 0.25) is 5.75 Å². The van der Waals surface area contributed by atoms with Crippen molar-refractivity contribution in [3.63, 3.8) is 0 Å². The average molecular weight is 230 g/mol. The Morgan fingerprint density at radius 1 is 0.750 bits per heavy atom. The molecular formula is C12H7O3P. The molecule has 4 rings (SSSR count). The minimum absolute atomic E-state index is 0.757. The third-order valence-electron chi connectivity index (χ3n) is 2.67. The molecular weight excluding hydrogens is 223 g/mol. The van der Waals surface area contributed by atoms with E-state index >= 15 is 0 Å². The number of hydrogen-bond donors (Lipinski definition) is 0. The fraction of sp³-hybridized carbons (Fsp3) is 0. The number of fused-ring (bicyclic) bond motifs is 1. The molecule has 0 N–H and O–H groups in total. The van der Waals surface area contributed by atoms with Crippen molar-refractivity contribution in [1.29, 1.82) is 0 Å². The second-order valence-electron chi connectivity index (χ2n) is 3.63. The van der Waals surface area contributed by atoms with E-state index in [2.05, 4.69) is 12.1 Å². The van der Waals surface area contributed by atoms with Gasteiger partial charge in [-0.25, -0.2) is 0 Å². The zero-order valence-corrected chi connectivity index (χ0v) is 9.11. The molecule has 1 unspecified atom stereocenters. The zero-order chi connectivity index (χ0) is 10.5. The lowest BCUT2D eigenvalue weighted by Gasteiger charge is -2.12. The molecule has 0 radical (unpaired) electrons. The maximum Gasteiger partial charge on any atom is 0.530 e. The van der Waals surface area contributed by atoms with Crippen molar-refractivity contribution in [3.05, 3.63) is 42.5 Å². The Morgan fingerprint density at radius 3 is 2.38 bits per heavy atom. The molecule has 3 nitrogen and oxygen atoms in total. The van der Waals surface area contributed by atoms with Crippen molar-refractivity contribution in [3.8, 4) is 28.4 Å². The van der Waals surface area contributed by atoms with Gasteiger partial charge in [0.1, 0.15) is 0 Å². The minimum Gasteiger partial charge on any atom is -0.404 e. The molecule has 0 saturated heterocycles. The fourth-order valence-electron chi connectivity index (χ4n) is 1.92. The molecule has 0 aliphatic carbocycles. The van der Waals surface area contributed by atoms with Crippen LogP contribution in [0.5, 0.6) is 17.2 Å². The van der Waals surface area contributed by atoms with E-state index in [0.717, 1.165) is 28.4 Å². The molecule has 16 heavy (non-hydrogen) atoms. The summed E-state index contributed by atoms with van der Waals surface area (Å²) in [6.45, 7) is 0. The number of hydrogen-bond acceptors (Lipinski definition) is 3. The third-order valence-corrected chi connectivity index (χ3v) is 3.67. The second kappa shape index (κ2) is 2.89. The predicted octanol–water partition coefficient (Wildman–Crippen LogP) is 3.74. The van der Waals surface area contributed by atoms with Crippen molar-refractivity contribution >= 4 is 8.60 Å². The van der Waals surface area contributed by atoms with Crippen molar-refractivity contribution < 1.29 is 13.6 Å². The first-order valence-corrected chi connectivity index (χ1v) is 6.08. The summed E-state index contributed by atoms with van der Waals surface area (Å²) in [4.78, 5) is 0. The van der Waals surface area contributed by atoms with Gasteiger partial charge in [-0.05, 0) is 17.7 Å². The molecule has 78 valence electrons. The van der Waals surface area contributed by atoms with Gasteiger partial charge in [-0.15, -0.1) is 0 Å². The van der Waals surface area contributed by atoms with Crippen molar-refractivity contribution in [2.24, 2.45) is 0 Å². The predicted molar refractivity (Wildman–Crippen MR) is 60.7 cm³/mol. The quantitative estimate of drug-likeness (QED) is 0.698. The highest BCUT2D eigenvalue weighted by atomic mass is 31.2. The average Bonchev–Trinajstić information content (AvgIpc) is 2.90. The summed E-state index contributed by atoms with van der Waals surface area (Å²) in [6, 6.07) is 14.1. The molecule has 2 heterocycles. The van der Waals surface area contributed by atoms with Crippen molar-refractivity contribution in [2.45, 2.75) is 0 Å². The topological polar surface area (TPSA) is 27.7 Å². The van der Waals surface area contributed by atoms with Crippen LogP contribution in [0.2, 0.25) is 0 Å². The first-order valence-electron chi connectivity index (χ1n) is 4.98. The highest BCUT2D eigenvalue weighted by Crippen LogP contribution is 2.66. The van der Waals surface area contributed by atoms with Gasteiger partial charge in [0.15, 0.2) is 11.5 Å². The van der Waals surface area contributed by atoms with E-state index in [0.29, 0.717) is 0 Å². The Morgan fingerprint density at radius 2 is 1.56 bits per heavy atom. The number of rotatable bonds is 1. The molecule has 0 fully saturated rings. The highest BCUT2D eigenvalue weighted by Gasteiger charge is 2.42. The van der Waals surface area contributed by atoms with Gasteiger partial charge in [0.25, 0.3) is 0 Å². The van der Waals surface area contributed by atoms with Crippen molar-refractivity contribution in [2.75, 3.05) is 0 Å². The maximum absolute atomic E-state index is 5.59. The molecule has 2 aliphatic heterocycles. The SMILES string of the molecule is c1ccc(-c2ccc3c4c2OP(O3)O4)cc1. The van der Waals surface area contributed by atoms with Crippen LogP contribution in [0, 0.1) is 0 Å². The van der Waals surface area contributed by atoms with Crippen molar-refractivity contribution in [1.82, 2.24) is 0 Å². The normalized spacial score (nSPS) is 18.9. The van der Waals surface area contributed by atoms with Crippen LogP contribution in [-0.4, -0.2) is 0 Å². The Kier molecular flexibility index (Phi) is 1.52. The van der Waals surface area contributed by atoms with Gasteiger partial charge >= 0.3 is 8.60 Å². The van der Waals surface area contributed by atoms with E-state index < -0.39 is 8.60 Å². The van der Waals surface area contributed by atoms with Crippen LogP contribution in [0.25, 0.3) is 11.1 Å². The zero-order valence-electron chi connectivity index (χ0n) is 8.21. The second-order valence-corrected chi connectivity index (χ2v) is 4.63. The molecule has 0 spiro atoms. The standard InChI is InChI=1S/C12H7O3P/c1-2-4-8(5-3-1)9-6-7-10-12-11(9)14-16(13-10)15-12/h1-7H. The largest absolute Gasteiger partial charge is 0.530 e. The van der Waals surface area contributed by atoms with Crippen LogP contribution in [0.1, 0.15) is 0 Å².